The van der Waals surface area contributed by atoms with Crippen molar-refractivity contribution in [3.05, 3.63) is 70.8 Å². The summed E-state index contributed by atoms with van der Waals surface area (Å²) >= 11 is 0. The van der Waals surface area contributed by atoms with Gasteiger partial charge in [-0.15, -0.1) is 0 Å². The number of hydroxylamine groups is 1. The second-order valence-corrected chi connectivity index (χ2v) is 8.38. The maximum absolute atomic E-state index is 12.5. The molecule has 0 bridgehead atoms. The predicted octanol–water partition coefficient (Wildman–Crippen LogP) is 1.68. The van der Waals surface area contributed by atoms with Crippen molar-refractivity contribution in [1.82, 2.24) is 16.1 Å². The Balaban J connectivity index is 1.61. The van der Waals surface area contributed by atoms with E-state index in [1.54, 1.807) is 38.1 Å². The van der Waals surface area contributed by atoms with Gasteiger partial charge in [-0.2, -0.15) is 0 Å². The molecular formula is C24H28N4O3. The lowest BCUT2D eigenvalue weighted by atomic mass is 9.95. The van der Waals surface area contributed by atoms with Crippen LogP contribution in [0.4, 0.5) is 0 Å². The van der Waals surface area contributed by atoms with E-state index in [0.717, 1.165) is 17.7 Å². The van der Waals surface area contributed by atoms with Gasteiger partial charge in [0.1, 0.15) is 6.04 Å². The largest absolute Gasteiger partial charge is 0.338 e. The molecule has 7 nitrogen and oxygen atoms in total. The van der Waals surface area contributed by atoms with E-state index < -0.39 is 23.4 Å². The summed E-state index contributed by atoms with van der Waals surface area (Å²) in [5.74, 6) is 4.95. The average molecular weight is 421 g/mol. The third-order valence-electron chi connectivity index (χ3n) is 5.02. The lowest BCUT2D eigenvalue weighted by Gasteiger charge is -2.29. The van der Waals surface area contributed by atoms with Gasteiger partial charge in [-0.3, -0.25) is 14.8 Å². The van der Waals surface area contributed by atoms with Gasteiger partial charge in [0.2, 0.25) is 0 Å². The highest BCUT2D eigenvalue weighted by Gasteiger charge is 2.33. The first-order valence-electron chi connectivity index (χ1n) is 10.2. The molecule has 0 heterocycles. The molecule has 0 radical (unpaired) electrons. The van der Waals surface area contributed by atoms with E-state index in [1.165, 1.54) is 23.9 Å². The second kappa shape index (κ2) is 9.75. The van der Waals surface area contributed by atoms with Crippen molar-refractivity contribution in [2.75, 3.05) is 0 Å². The van der Waals surface area contributed by atoms with E-state index in [0.29, 0.717) is 11.6 Å². The van der Waals surface area contributed by atoms with Gasteiger partial charge in [-0.05, 0) is 68.7 Å². The average Bonchev–Trinajstić information content (AvgIpc) is 3.59. The van der Waals surface area contributed by atoms with E-state index >= 15 is 0 Å². The van der Waals surface area contributed by atoms with Gasteiger partial charge in [0.05, 0.1) is 0 Å². The zero-order chi connectivity index (χ0) is 22.4. The van der Waals surface area contributed by atoms with Gasteiger partial charge in [0, 0.05) is 34.8 Å². The molecule has 0 unspecified atom stereocenters. The monoisotopic (exact) mass is 420 g/mol. The fourth-order valence-corrected chi connectivity index (χ4v) is 2.97. The maximum atomic E-state index is 12.5. The fourth-order valence-electron chi connectivity index (χ4n) is 2.97. The smallest absolute Gasteiger partial charge is 0.267 e. The predicted molar refractivity (Wildman–Crippen MR) is 118 cm³/mol. The van der Waals surface area contributed by atoms with Crippen LogP contribution in [0, 0.1) is 11.8 Å². The Kier molecular flexibility index (Phi) is 7.08. The number of rotatable bonds is 7. The number of hydrogen-bond acceptors (Lipinski definition) is 5. The number of hydrogen-bond donors (Lipinski definition) is 5. The first-order chi connectivity index (χ1) is 14.8. The molecule has 1 fully saturated rings. The molecule has 0 spiro atoms. The summed E-state index contributed by atoms with van der Waals surface area (Å²) in [6, 6.07) is 14.5. The van der Waals surface area contributed by atoms with Crippen LogP contribution in [0.25, 0.3) is 0 Å². The summed E-state index contributed by atoms with van der Waals surface area (Å²) in [5.41, 5.74) is 9.69. The molecule has 3 rings (SSSR count). The Hall–Kier alpha value is -3.18. The van der Waals surface area contributed by atoms with Crippen molar-refractivity contribution in [2.45, 2.75) is 50.9 Å². The van der Waals surface area contributed by atoms with Gasteiger partial charge in [-0.1, -0.05) is 24.0 Å². The van der Waals surface area contributed by atoms with Crippen LogP contribution in [0.1, 0.15) is 53.7 Å². The van der Waals surface area contributed by atoms with Gasteiger partial charge in [-0.25, -0.2) is 5.48 Å². The summed E-state index contributed by atoms with van der Waals surface area (Å²) in [6.45, 7) is 4.05. The Labute approximate surface area is 182 Å². The van der Waals surface area contributed by atoms with Crippen molar-refractivity contribution >= 4 is 11.8 Å². The lowest BCUT2D eigenvalue weighted by molar-refractivity contribution is -0.132. The summed E-state index contributed by atoms with van der Waals surface area (Å²) in [6.07, 6.45) is 2.54. The number of benzene rings is 2. The summed E-state index contributed by atoms with van der Waals surface area (Å²) < 4.78 is 0. The van der Waals surface area contributed by atoms with Gasteiger partial charge < -0.3 is 16.4 Å². The van der Waals surface area contributed by atoms with Crippen molar-refractivity contribution < 1.29 is 14.8 Å². The Bertz CT molecular complexity index is 979. The highest BCUT2D eigenvalue weighted by molar-refractivity contribution is 5.97. The molecule has 1 atom stereocenters. The van der Waals surface area contributed by atoms with Gasteiger partial charge in [0.25, 0.3) is 11.8 Å². The summed E-state index contributed by atoms with van der Waals surface area (Å²) in [7, 11) is 0. The third-order valence-corrected chi connectivity index (χ3v) is 5.02. The van der Waals surface area contributed by atoms with Crippen LogP contribution >= 0.6 is 0 Å². The van der Waals surface area contributed by atoms with E-state index in [-0.39, 0.29) is 0 Å². The third kappa shape index (κ3) is 6.66. The van der Waals surface area contributed by atoms with E-state index in [9.17, 15) is 9.59 Å². The molecule has 162 valence electrons. The van der Waals surface area contributed by atoms with Crippen LogP contribution in [-0.2, 0) is 11.3 Å². The number of amides is 2. The van der Waals surface area contributed by atoms with E-state index in [4.69, 9.17) is 10.9 Å². The van der Waals surface area contributed by atoms with E-state index in [2.05, 4.69) is 34.6 Å². The molecule has 1 aliphatic rings. The van der Waals surface area contributed by atoms with Crippen LogP contribution in [0.2, 0.25) is 0 Å². The van der Waals surface area contributed by atoms with Crippen molar-refractivity contribution in [2.24, 2.45) is 5.73 Å². The molecular weight excluding hydrogens is 392 g/mol. The Morgan fingerprint density at radius 2 is 1.61 bits per heavy atom. The van der Waals surface area contributed by atoms with Crippen LogP contribution in [-0.4, -0.2) is 34.6 Å². The highest BCUT2D eigenvalue weighted by Crippen LogP contribution is 2.19. The van der Waals surface area contributed by atoms with Crippen LogP contribution in [0.5, 0.6) is 0 Å². The number of nitrogens with one attached hydrogen (secondary N) is 3. The van der Waals surface area contributed by atoms with Crippen LogP contribution < -0.4 is 21.8 Å². The minimum Gasteiger partial charge on any atom is -0.338 e. The lowest BCUT2D eigenvalue weighted by Crippen LogP contribution is -2.61. The Morgan fingerprint density at radius 3 is 2.10 bits per heavy atom. The maximum Gasteiger partial charge on any atom is 0.267 e. The van der Waals surface area contributed by atoms with Gasteiger partial charge >= 0.3 is 0 Å². The summed E-state index contributed by atoms with van der Waals surface area (Å²) in [5, 5.41) is 14.9. The van der Waals surface area contributed by atoms with Crippen molar-refractivity contribution in [3.8, 4) is 11.8 Å². The molecule has 6 N–H and O–H groups in total. The number of carbonyl (C=O) groups excluding carboxylic acids is 2. The van der Waals surface area contributed by atoms with Crippen LogP contribution in [0.15, 0.2) is 48.5 Å². The normalized spacial score (nSPS) is 14.2. The second-order valence-electron chi connectivity index (χ2n) is 8.38. The zero-order valence-electron chi connectivity index (χ0n) is 17.7. The standard InChI is InChI=1S/C24H28N4O3/c1-24(2,25)21(23(30)28-31)27-22(29)19-11-9-17(10-12-19)4-3-16-5-7-18(8-6-16)15-26-20-13-14-20/h5-12,20-21,26,31H,13-15,25H2,1-2H3,(H,27,29)(H,28,30)/t21-/m1/s1. The molecule has 0 aliphatic heterocycles. The minimum atomic E-state index is -1.09. The molecule has 0 aromatic heterocycles. The SMILES string of the molecule is CC(C)(N)[C@H](NC(=O)c1ccc(C#Cc2ccc(CNC3CC3)cc2)cc1)C(=O)NO. The summed E-state index contributed by atoms with van der Waals surface area (Å²) in [4.78, 5) is 24.3. The number of nitrogens with two attached hydrogens (primary N) is 1. The van der Waals surface area contributed by atoms with Gasteiger partial charge in [0.15, 0.2) is 0 Å². The molecule has 1 saturated carbocycles. The highest BCUT2D eigenvalue weighted by atomic mass is 16.5. The Morgan fingerprint density at radius 1 is 1.06 bits per heavy atom. The molecule has 31 heavy (non-hydrogen) atoms. The molecule has 2 aromatic rings. The zero-order valence-corrected chi connectivity index (χ0v) is 17.7. The fraction of sp³-hybridized carbons (Fsp3) is 0.333. The molecule has 2 aromatic carbocycles. The first-order valence-corrected chi connectivity index (χ1v) is 10.2. The molecule has 1 aliphatic carbocycles. The van der Waals surface area contributed by atoms with Crippen molar-refractivity contribution in [3.63, 3.8) is 0 Å². The molecule has 0 saturated heterocycles. The van der Waals surface area contributed by atoms with Crippen molar-refractivity contribution in [1.29, 1.82) is 0 Å². The van der Waals surface area contributed by atoms with E-state index in [1.807, 2.05) is 12.1 Å². The minimum absolute atomic E-state index is 0.359. The molecule has 2 amide bonds. The number of carbonyl (C=O) groups is 2. The topological polar surface area (TPSA) is 116 Å². The van der Waals surface area contributed by atoms with Crippen LogP contribution in [0.3, 0.4) is 0 Å². The quantitative estimate of drug-likeness (QED) is 0.265. The first kappa shape index (κ1) is 22.5. The molecule has 7 heteroatoms.